The Morgan fingerprint density at radius 3 is 1.92 bits per heavy atom. The molecule has 0 aromatic rings. The Morgan fingerprint density at radius 2 is 1.67 bits per heavy atom. The van der Waals surface area contributed by atoms with Gasteiger partial charge in [-0.15, -0.1) is 0 Å². The Kier molecular flexibility index (Phi) is 6.06. The molecule has 7 N–H and O–H groups in total. The first-order valence-electron chi connectivity index (χ1n) is 2.50. The third-order valence-electron chi connectivity index (χ3n) is 0.910. The van der Waals surface area contributed by atoms with Crippen molar-refractivity contribution in [3.63, 3.8) is 0 Å². The van der Waals surface area contributed by atoms with Gasteiger partial charge in [-0.1, -0.05) is 0 Å². The highest BCUT2D eigenvalue weighted by Gasteiger charge is 2.30. The average Bonchev–Trinajstić information content (AvgIpc) is 2.00. The van der Waals surface area contributed by atoms with Crippen LogP contribution in [0, 0.1) is 0 Å². The quantitative estimate of drug-likeness (QED) is 0.328. The lowest BCUT2D eigenvalue weighted by Crippen LogP contribution is -2.41. The van der Waals surface area contributed by atoms with E-state index < -0.39 is 24.1 Å². The molecule has 8 nitrogen and oxygen atoms in total. The molecule has 0 aliphatic rings. The summed E-state index contributed by atoms with van der Waals surface area (Å²) in [5.41, 5.74) is 0. The van der Waals surface area contributed by atoms with E-state index in [0.29, 0.717) is 0 Å². The first-order chi connectivity index (χ1) is 5.00. The molecular weight excluding hydrogens is 174 g/mol. The van der Waals surface area contributed by atoms with Crippen molar-refractivity contribution in [1.29, 1.82) is 0 Å². The number of aliphatic hydroxyl groups excluding tert-OH is 2. The van der Waals surface area contributed by atoms with Crippen LogP contribution in [-0.2, 0) is 14.4 Å². The second kappa shape index (κ2) is 5.43. The largest absolute Gasteiger partial charge is 0.479 e. The van der Waals surface area contributed by atoms with E-state index in [1.807, 2.05) is 0 Å². The maximum atomic E-state index is 10.2. The summed E-state index contributed by atoms with van der Waals surface area (Å²) in [5.74, 6) is 1.16. The number of nitrogens with two attached hydrogens (primary N) is 1. The zero-order chi connectivity index (χ0) is 9.02. The second-order valence-corrected chi connectivity index (χ2v) is 1.66. The second-order valence-electron chi connectivity index (χ2n) is 1.66. The minimum Gasteiger partial charge on any atom is -0.479 e. The molecule has 0 saturated heterocycles. The van der Waals surface area contributed by atoms with Crippen LogP contribution in [0.3, 0.4) is 0 Å². The average molecular weight is 183 g/mol. The molecule has 8 heteroatoms. The van der Waals surface area contributed by atoms with E-state index in [9.17, 15) is 9.59 Å². The van der Waals surface area contributed by atoms with Gasteiger partial charge in [0.2, 0.25) is 0 Å². The van der Waals surface area contributed by atoms with Crippen LogP contribution in [0.25, 0.3) is 0 Å². The summed E-state index contributed by atoms with van der Waals surface area (Å²) in [6, 6.07) is 0. The number of rotatable bonds is 3. The molecule has 0 saturated carbocycles. The van der Waals surface area contributed by atoms with Gasteiger partial charge in [-0.2, -0.15) is 5.90 Å². The maximum Gasteiger partial charge on any atom is 0.356 e. The molecule has 0 bridgehead atoms. The highest BCUT2D eigenvalue weighted by molar-refractivity contribution is 5.83. The van der Waals surface area contributed by atoms with Gasteiger partial charge in [0.1, 0.15) is 0 Å². The van der Waals surface area contributed by atoms with Gasteiger partial charge in [0.05, 0.1) is 0 Å². The van der Waals surface area contributed by atoms with Crippen molar-refractivity contribution < 1.29 is 35.2 Å². The number of carbonyl (C=O) groups is 2. The molecule has 0 amide bonds. The Bertz CT molecular complexity index is 169. The summed E-state index contributed by atoms with van der Waals surface area (Å²) in [4.78, 5) is 23.6. The Hall–Kier alpha value is -1.22. The van der Waals surface area contributed by atoms with Crippen molar-refractivity contribution in [2.75, 3.05) is 0 Å². The molecule has 0 fully saturated rings. The third-order valence-corrected chi connectivity index (χ3v) is 0.910. The molecule has 0 aromatic heterocycles. The fourth-order valence-electron chi connectivity index (χ4n) is 0.334. The minimum absolute atomic E-state index is 0. The summed E-state index contributed by atoms with van der Waals surface area (Å²) in [6.07, 6.45) is -4.37. The van der Waals surface area contributed by atoms with E-state index >= 15 is 0 Å². The lowest BCUT2D eigenvalue weighted by atomic mass is 10.2. The Balaban J connectivity index is 0. The van der Waals surface area contributed by atoms with E-state index in [0.717, 1.165) is 0 Å². The first kappa shape index (κ1) is 13.4. The summed E-state index contributed by atoms with van der Waals surface area (Å²) < 4.78 is 0. The molecule has 2 unspecified atom stereocenters. The summed E-state index contributed by atoms with van der Waals surface area (Å²) in [5, 5.41) is 25.1. The molecule has 0 aliphatic carbocycles. The molecule has 2 atom stereocenters. The van der Waals surface area contributed by atoms with Crippen molar-refractivity contribution >= 4 is 11.9 Å². The van der Waals surface area contributed by atoms with Crippen LogP contribution in [0.4, 0.5) is 0 Å². The number of hydrogen-bond acceptors (Lipinski definition) is 6. The van der Waals surface area contributed by atoms with Crippen LogP contribution < -0.4 is 5.90 Å². The topological polar surface area (TPSA) is 162 Å². The third kappa shape index (κ3) is 3.25. The van der Waals surface area contributed by atoms with Crippen molar-refractivity contribution in [3.05, 3.63) is 0 Å². The minimum atomic E-state index is -2.22. The summed E-state index contributed by atoms with van der Waals surface area (Å²) in [6.45, 7) is 0. The number of aliphatic hydroxyl groups is 2. The highest BCUT2D eigenvalue weighted by atomic mass is 16.7. The van der Waals surface area contributed by atoms with Crippen molar-refractivity contribution in [2.24, 2.45) is 5.90 Å². The smallest absolute Gasteiger partial charge is 0.356 e. The summed E-state index contributed by atoms with van der Waals surface area (Å²) in [7, 11) is 0. The van der Waals surface area contributed by atoms with Crippen LogP contribution in [0.15, 0.2) is 0 Å². The molecule has 12 heavy (non-hydrogen) atoms. The Morgan fingerprint density at radius 1 is 1.25 bits per heavy atom. The lowest BCUT2D eigenvalue weighted by molar-refractivity contribution is -0.170. The van der Waals surface area contributed by atoms with Gasteiger partial charge in [0, 0.05) is 0 Å². The number of carboxylic acids is 1. The zero-order valence-corrected chi connectivity index (χ0v) is 5.80. The predicted octanol–water partition coefficient (Wildman–Crippen LogP) is -3.62. The summed E-state index contributed by atoms with van der Waals surface area (Å²) >= 11 is 0. The van der Waals surface area contributed by atoms with Gasteiger partial charge in [-0.05, 0) is 0 Å². The van der Waals surface area contributed by atoms with Crippen molar-refractivity contribution in [2.45, 2.75) is 12.2 Å². The van der Waals surface area contributed by atoms with E-state index in [2.05, 4.69) is 10.7 Å². The first-order valence-corrected chi connectivity index (χ1v) is 2.50. The van der Waals surface area contributed by atoms with Gasteiger partial charge in [-0.25, -0.2) is 9.59 Å². The molecule has 0 heterocycles. The normalized spacial score (nSPS) is 13.9. The van der Waals surface area contributed by atoms with E-state index in [-0.39, 0.29) is 5.48 Å². The lowest BCUT2D eigenvalue weighted by Gasteiger charge is -2.09. The molecule has 72 valence electrons. The highest BCUT2D eigenvalue weighted by Crippen LogP contribution is 1.94. The van der Waals surface area contributed by atoms with Gasteiger partial charge in [-0.3, -0.25) is 0 Å². The van der Waals surface area contributed by atoms with Crippen LogP contribution in [-0.4, -0.2) is 44.9 Å². The monoisotopic (exact) mass is 183 g/mol. The number of carboxylic acid groups (broad SMARTS) is 1. The Labute approximate surface area is 66.4 Å². The SMILES string of the molecule is NOC(=O)C(O)C(O)C(=O)O.O. The van der Waals surface area contributed by atoms with Crippen molar-refractivity contribution in [3.8, 4) is 0 Å². The fourth-order valence-corrected chi connectivity index (χ4v) is 0.334. The molecule has 0 aliphatic heterocycles. The number of carbonyl (C=O) groups excluding carboxylic acids is 1. The van der Waals surface area contributed by atoms with Crippen molar-refractivity contribution in [1.82, 2.24) is 0 Å². The van der Waals surface area contributed by atoms with Gasteiger partial charge in [0.25, 0.3) is 0 Å². The standard InChI is InChI=1S/C4H7NO6.H2O/c5-11-4(10)2(7)1(6)3(8)9;/h1-2,6-7H,5H2,(H,8,9);1H2. The van der Waals surface area contributed by atoms with E-state index in [1.54, 1.807) is 0 Å². The molecular formula is C4H9NO7. The van der Waals surface area contributed by atoms with Crippen LogP contribution >= 0.6 is 0 Å². The number of hydrogen-bond donors (Lipinski definition) is 4. The van der Waals surface area contributed by atoms with E-state index in [1.165, 1.54) is 0 Å². The van der Waals surface area contributed by atoms with Gasteiger partial charge >= 0.3 is 11.9 Å². The van der Waals surface area contributed by atoms with Crippen LogP contribution in [0.1, 0.15) is 0 Å². The molecule has 0 aromatic carbocycles. The van der Waals surface area contributed by atoms with Crippen LogP contribution in [0.2, 0.25) is 0 Å². The number of aliphatic carboxylic acids is 1. The zero-order valence-electron chi connectivity index (χ0n) is 5.80. The van der Waals surface area contributed by atoms with E-state index in [4.69, 9.17) is 15.3 Å². The predicted molar refractivity (Wildman–Crippen MR) is 33.5 cm³/mol. The molecule has 0 radical (unpaired) electrons. The maximum absolute atomic E-state index is 10.2. The van der Waals surface area contributed by atoms with Gasteiger partial charge in [0.15, 0.2) is 12.2 Å². The van der Waals surface area contributed by atoms with Crippen LogP contribution in [0.5, 0.6) is 0 Å². The fraction of sp³-hybridized carbons (Fsp3) is 0.500. The molecule has 0 spiro atoms. The molecule has 0 rings (SSSR count). The van der Waals surface area contributed by atoms with Gasteiger partial charge < -0.3 is 25.6 Å².